The average molecular weight is 408 g/mol. The van der Waals surface area contributed by atoms with Crippen molar-refractivity contribution in [2.24, 2.45) is 7.05 Å². The van der Waals surface area contributed by atoms with Gasteiger partial charge in [-0.05, 0) is 28.1 Å². The molecule has 24 heavy (non-hydrogen) atoms. The van der Waals surface area contributed by atoms with E-state index in [1.54, 1.807) is 48.5 Å². The Bertz CT molecular complexity index is 971. The highest BCUT2D eigenvalue weighted by molar-refractivity contribution is 9.10. The van der Waals surface area contributed by atoms with Gasteiger partial charge in [0.15, 0.2) is 0 Å². The van der Waals surface area contributed by atoms with Gasteiger partial charge in [0, 0.05) is 35.7 Å². The van der Waals surface area contributed by atoms with Gasteiger partial charge in [-0.1, -0.05) is 12.1 Å². The third kappa shape index (κ3) is 3.53. The molecule has 1 aromatic carbocycles. The molecule has 0 saturated heterocycles. The monoisotopic (exact) mass is 407 g/mol. The van der Waals surface area contributed by atoms with Crippen LogP contribution in [0.3, 0.4) is 0 Å². The largest absolute Gasteiger partial charge is 0.275 e. The maximum Gasteiger partial charge on any atom is 0.242 e. The van der Waals surface area contributed by atoms with Gasteiger partial charge in [-0.3, -0.25) is 14.6 Å². The minimum absolute atomic E-state index is 0.0295. The quantitative estimate of drug-likeness (QED) is 0.699. The summed E-state index contributed by atoms with van der Waals surface area (Å²) in [5.74, 6) is 0. The Morgan fingerprint density at radius 2 is 1.96 bits per heavy atom. The maximum absolute atomic E-state index is 12.5. The van der Waals surface area contributed by atoms with Crippen LogP contribution in [0.1, 0.15) is 5.69 Å². The second kappa shape index (κ2) is 6.80. The predicted molar refractivity (Wildman–Crippen MR) is 92.4 cm³/mol. The first kappa shape index (κ1) is 16.7. The first-order valence-electron chi connectivity index (χ1n) is 7.00. The Labute approximate surface area is 148 Å². The van der Waals surface area contributed by atoms with Gasteiger partial charge in [0.1, 0.15) is 0 Å². The number of benzene rings is 1. The molecule has 0 aliphatic rings. The van der Waals surface area contributed by atoms with Gasteiger partial charge >= 0.3 is 0 Å². The Balaban J connectivity index is 1.87. The molecule has 0 spiro atoms. The third-order valence-electron chi connectivity index (χ3n) is 3.31. The molecule has 124 valence electrons. The summed E-state index contributed by atoms with van der Waals surface area (Å²) in [6.45, 7) is 0.0295. The standard InChI is InChI=1S/C15H14BrN5O2S/c1-21-10-11(8-19-21)15-13(17-6-7-18-15)9-20-24(22,23)14-5-3-2-4-12(14)16/h2-8,10,20H,9H2,1H3. The molecular formula is C15H14BrN5O2S. The minimum Gasteiger partial charge on any atom is -0.275 e. The summed E-state index contributed by atoms with van der Waals surface area (Å²) in [6, 6.07) is 6.64. The number of aryl methyl sites for hydroxylation is 1. The Kier molecular flexibility index (Phi) is 4.74. The van der Waals surface area contributed by atoms with E-state index in [1.807, 2.05) is 0 Å². The molecule has 7 nitrogen and oxygen atoms in total. The lowest BCUT2D eigenvalue weighted by molar-refractivity contribution is 0.580. The molecule has 0 radical (unpaired) electrons. The third-order valence-corrected chi connectivity index (χ3v) is 5.72. The van der Waals surface area contributed by atoms with Crippen LogP contribution in [0.4, 0.5) is 0 Å². The molecule has 9 heteroatoms. The topological polar surface area (TPSA) is 89.8 Å². The van der Waals surface area contributed by atoms with Crippen molar-refractivity contribution >= 4 is 26.0 Å². The minimum atomic E-state index is -3.67. The smallest absolute Gasteiger partial charge is 0.242 e. The van der Waals surface area contributed by atoms with Gasteiger partial charge in [0.05, 0.1) is 29.0 Å². The van der Waals surface area contributed by atoms with E-state index < -0.39 is 10.0 Å². The van der Waals surface area contributed by atoms with E-state index in [1.165, 1.54) is 12.3 Å². The number of halogens is 1. The number of sulfonamides is 1. The molecule has 0 aliphatic carbocycles. The predicted octanol–water partition coefficient (Wildman–Crippen LogP) is 2.12. The normalized spacial score (nSPS) is 11.6. The van der Waals surface area contributed by atoms with E-state index in [0.29, 0.717) is 15.9 Å². The van der Waals surface area contributed by atoms with Crippen LogP contribution in [-0.2, 0) is 23.6 Å². The van der Waals surface area contributed by atoms with Crippen molar-refractivity contribution in [3.05, 3.63) is 59.2 Å². The first-order valence-corrected chi connectivity index (χ1v) is 9.28. The van der Waals surface area contributed by atoms with E-state index in [2.05, 4.69) is 35.7 Å². The molecule has 0 atom stereocenters. The molecule has 1 N–H and O–H groups in total. The van der Waals surface area contributed by atoms with Crippen molar-refractivity contribution in [1.29, 1.82) is 0 Å². The van der Waals surface area contributed by atoms with Crippen LogP contribution in [0.15, 0.2) is 58.4 Å². The van der Waals surface area contributed by atoms with Crippen molar-refractivity contribution < 1.29 is 8.42 Å². The zero-order valence-corrected chi connectivity index (χ0v) is 15.1. The van der Waals surface area contributed by atoms with Crippen molar-refractivity contribution in [2.45, 2.75) is 11.4 Å². The summed E-state index contributed by atoms with van der Waals surface area (Å²) in [5, 5.41) is 4.11. The highest BCUT2D eigenvalue weighted by Gasteiger charge is 2.18. The van der Waals surface area contributed by atoms with Gasteiger partial charge < -0.3 is 0 Å². The molecule has 0 amide bonds. The van der Waals surface area contributed by atoms with Crippen LogP contribution in [-0.4, -0.2) is 28.2 Å². The van der Waals surface area contributed by atoms with Crippen LogP contribution in [0.2, 0.25) is 0 Å². The highest BCUT2D eigenvalue weighted by Crippen LogP contribution is 2.22. The number of aromatic nitrogens is 4. The summed E-state index contributed by atoms with van der Waals surface area (Å²) in [4.78, 5) is 8.72. The lowest BCUT2D eigenvalue weighted by Gasteiger charge is -2.09. The first-order chi connectivity index (χ1) is 11.5. The van der Waals surface area contributed by atoms with Crippen LogP contribution in [0, 0.1) is 0 Å². The van der Waals surface area contributed by atoms with Gasteiger partial charge in [0.25, 0.3) is 0 Å². The lowest BCUT2D eigenvalue weighted by Crippen LogP contribution is -2.24. The van der Waals surface area contributed by atoms with E-state index in [4.69, 9.17) is 0 Å². The number of nitrogens with zero attached hydrogens (tertiary/aromatic N) is 4. The fourth-order valence-corrected chi connectivity index (χ4v) is 4.17. The fraction of sp³-hybridized carbons (Fsp3) is 0.133. The maximum atomic E-state index is 12.5. The molecule has 3 rings (SSSR count). The molecule has 2 heterocycles. The second-order valence-corrected chi connectivity index (χ2v) is 7.60. The van der Waals surface area contributed by atoms with Crippen LogP contribution in [0.25, 0.3) is 11.3 Å². The average Bonchev–Trinajstić information content (AvgIpc) is 3.00. The molecule has 0 bridgehead atoms. The molecule has 0 aliphatic heterocycles. The van der Waals surface area contributed by atoms with E-state index in [9.17, 15) is 8.42 Å². The van der Waals surface area contributed by atoms with Crippen molar-refractivity contribution in [3.63, 3.8) is 0 Å². The summed E-state index contributed by atoms with van der Waals surface area (Å²) in [5.41, 5.74) is 1.90. The van der Waals surface area contributed by atoms with Crippen molar-refractivity contribution in [3.8, 4) is 11.3 Å². The van der Waals surface area contributed by atoms with Crippen LogP contribution < -0.4 is 4.72 Å². The van der Waals surface area contributed by atoms with E-state index in [0.717, 1.165) is 5.56 Å². The SMILES string of the molecule is Cn1cc(-c2nccnc2CNS(=O)(=O)c2ccccc2Br)cn1. The zero-order valence-electron chi connectivity index (χ0n) is 12.7. The molecule has 2 aromatic heterocycles. The van der Waals surface area contributed by atoms with Gasteiger partial charge in [-0.2, -0.15) is 5.10 Å². The highest BCUT2D eigenvalue weighted by atomic mass is 79.9. The van der Waals surface area contributed by atoms with Gasteiger partial charge in [-0.25, -0.2) is 13.1 Å². The van der Waals surface area contributed by atoms with Gasteiger partial charge in [0.2, 0.25) is 10.0 Å². The summed E-state index contributed by atoms with van der Waals surface area (Å²) in [7, 11) is -1.87. The molecule has 0 saturated carbocycles. The number of hydrogen-bond donors (Lipinski definition) is 1. The van der Waals surface area contributed by atoms with E-state index in [-0.39, 0.29) is 11.4 Å². The lowest BCUT2D eigenvalue weighted by atomic mass is 10.2. The second-order valence-electron chi connectivity index (χ2n) is 5.01. The molecule has 0 unspecified atom stereocenters. The number of rotatable bonds is 5. The Morgan fingerprint density at radius 3 is 2.67 bits per heavy atom. The fourth-order valence-electron chi connectivity index (χ4n) is 2.18. The van der Waals surface area contributed by atoms with Gasteiger partial charge in [-0.15, -0.1) is 0 Å². The van der Waals surface area contributed by atoms with E-state index >= 15 is 0 Å². The Morgan fingerprint density at radius 1 is 1.21 bits per heavy atom. The molecular weight excluding hydrogens is 394 g/mol. The Hall–Kier alpha value is -2.10. The zero-order chi connectivity index (χ0) is 17.2. The summed E-state index contributed by atoms with van der Waals surface area (Å²) < 4.78 is 29.7. The summed E-state index contributed by atoms with van der Waals surface area (Å²) >= 11 is 3.25. The number of hydrogen-bond acceptors (Lipinski definition) is 5. The summed E-state index contributed by atoms with van der Waals surface area (Å²) in [6.07, 6.45) is 6.56. The van der Waals surface area contributed by atoms with Crippen LogP contribution in [0.5, 0.6) is 0 Å². The van der Waals surface area contributed by atoms with Crippen LogP contribution >= 0.6 is 15.9 Å². The number of nitrogens with one attached hydrogen (secondary N) is 1. The molecule has 3 aromatic rings. The molecule has 0 fully saturated rings. The van der Waals surface area contributed by atoms with Crippen molar-refractivity contribution in [2.75, 3.05) is 0 Å². The van der Waals surface area contributed by atoms with Crippen molar-refractivity contribution in [1.82, 2.24) is 24.5 Å².